The number of para-hydroxylation sites is 1. The van der Waals surface area contributed by atoms with E-state index in [-0.39, 0.29) is 24.7 Å². The molecule has 0 unspecified atom stereocenters. The van der Waals surface area contributed by atoms with Gasteiger partial charge in [-0.25, -0.2) is 5.43 Å². The Morgan fingerprint density at radius 2 is 1.86 bits per heavy atom. The summed E-state index contributed by atoms with van der Waals surface area (Å²) < 4.78 is 10.9. The van der Waals surface area contributed by atoms with Crippen LogP contribution in [0.25, 0.3) is 0 Å². The van der Waals surface area contributed by atoms with Crippen LogP contribution >= 0.6 is 11.6 Å². The Kier molecular flexibility index (Phi) is 8.98. The number of rotatable bonds is 10. The number of anilines is 1. The van der Waals surface area contributed by atoms with Gasteiger partial charge in [-0.05, 0) is 42.3 Å². The third-order valence-electron chi connectivity index (χ3n) is 3.78. The van der Waals surface area contributed by atoms with Crippen LogP contribution in [0, 0.1) is 0 Å². The van der Waals surface area contributed by atoms with Gasteiger partial charge in [-0.1, -0.05) is 30.7 Å². The van der Waals surface area contributed by atoms with Gasteiger partial charge in [0.25, 0.3) is 0 Å². The standard InChI is InChI=1S/C21H24ClN3O4/c1-3-12-29-18-9-8-15(13-19(18)28-2)14-23-25-21(27)11-10-20(26)24-17-7-5-4-6-16(17)22/h4-9,13-14H,3,10-12H2,1-2H3,(H,24,26)(H,25,27). The molecule has 2 aromatic rings. The molecular weight excluding hydrogens is 394 g/mol. The summed E-state index contributed by atoms with van der Waals surface area (Å²) in [5.74, 6) is 0.570. The fourth-order valence-electron chi connectivity index (χ4n) is 2.33. The molecule has 0 aliphatic rings. The highest BCUT2D eigenvalue weighted by Gasteiger charge is 2.09. The number of carbonyl (C=O) groups is 2. The monoisotopic (exact) mass is 417 g/mol. The molecule has 2 N–H and O–H groups in total. The molecule has 0 bridgehead atoms. The van der Waals surface area contributed by atoms with E-state index in [1.165, 1.54) is 6.21 Å². The van der Waals surface area contributed by atoms with Crippen LogP contribution in [-0.2, 0) is 9.59 Å². The summed E-state index contributed by atoms with van der Waals surface area (Å²) in [6, 6.07) is 12.3. The Balaban J connectivity index is 1.80. The molecule has 2 aromatic carbocycles. The summed E-state index contributed by atoms with van der Waals surface area (Å²) >= 11 is 5.98. The van der Waals surface area contributed by atoms with Gasteiger partial charge >= 0.3 is 0 Å². The second kappa shape index (κ2) is 11.7. The van der Waals surface area contributed by atoms with Crippen molar-refractivity contribution in [3.8, 4) is 11.5 Å². The van der Waals surface area contributed by atoms with Crippen molar-refractivity contribution in [2.24, 2.45) is 5.10 Å². The van der Waals surface area contributed by atoms with Gasteiger partial charge < -0.3 is 14.8 Å². The van der Waals surface area contributed by atoms with Crippen LogP contribution in [0.15, 0.2) is 47.6 Å². The Morgan fingerprint density at radius 1 is 1.10 bits per heavy atom. The van der Waals surface area contributed by atoms with Gasteiger partial charge in [-0.15, -0.1) is 0 Å². The predicted molar refractivity (Wildman–Crippen MR) is 114 cm³/mol. The highest BCUT2D eigenvalue weighted by Crippen LogP contribution is 2.27. The topological polar surface area (TPSA) is 89.0 Å². The Hall–Kier alpha value is -3.06. The van der Waals surface area contributed by atoms with Crippen molar-refractivity contribution in [3.05, 3.63) is 53.1 Å². The molecule has 154 valence electrons. The lowest BCUT2D eigenvalue weighted by atomic mass is 10.2. The summed E-state index contributed by atoms with van der Waals surface area (Å²) in [4.78, 5) is 23.8. The first-order chi connectivity index (χ1) is 14.0. The molecule has 0 aliphatic carbocycles. The maximum atomic E-state index is 11.9. The average molecular weight is 418 g/mol. The Bertz CT molecular complexity index is 871. The fourth-order valence-corrected chi connectivity index (χ4v) is 2.52. The van der Waals surface area contributed by atoms with Crippen LogP contribution in [0.5, 0.6) is 11.5 Å². The zero-order valence-corrected chi connectivity index (χ0v) is 17.2. The number of carbonyl (C=O) groups excluding carboxylic acids is 2. The van der Waals surface area contributed by atoms with Crippen molar-refractivity contribution in [2.45, 2.75) is 26.2 Å². The van der Waals surface area contributed by atoms with E-state index in [4.69, 9.17) is 21.1 Å². The third kappa shape index (κ3) is 7.46. The van der Waals surface area contributed by atoms with Gasteiger partial charge in [0, 0.05) is 12.8 Å². The number of benzene rings is 2. The van der Waals surface area contributed by atoms with E-state index in [2.05, 4.69) is 15.8 Å². The van der Waals surface area contributed by atoms with Crippen LogP contribution in [0.4, 0.5) is 5.69 Å². The van der Waals surface area contributed by atoms with E-state index in [0.717, 1.165) is 12.0 Å². The lowest BCUT2D eigenvalue weighted by molar-refractivity contribution is -0.124. The molecule has 29 heavy (non-hydrogen) atoms. The van der Waals surface area contributed by atoms with Crippen molar-refractivity contribution < 1.29 is 19.1 Å². The van der Waals surface area contributed by atoms with E-state index in [1.807, 2.05) is 6.92 Å². The molecule has 2 rings (SSSR count). The molecule has 0 heterocycles. The van der Waals surface area contributed by atoms with E-state index in [1.54, 1.807) is 49.6 Å². The van der Waals surface area contributed by atoms with Crippen molar-refractivity contribution >= 4 is 35.3 Å². The molecule has 2 amide bonds. The molecule has 8 heteroatoms. The average Bonchev–Trinajstić information content (AvgIpc) is 2.72. The van der Waals surface area contributed by atoms with Crippen LogP contribution < -0.4 is 20.2 Å². The van der Waals surface area contributed by atoms with Crippen molar-refractivity contribution in [3.63, 3.8) is 0 Å². The quantitative estimate of drug-likeness (QED) is 0.451. The van der Waals surface area contributed by atoms with Crippen LogP contribution in [0.2, 0.25) is 5.02 Å². The summed E-state index contributed by atoms with van der Waals surface area (Å²) in [6.45, 7) is 2.63. The van der Waals surface area contributed by atoms with E-state index in [0.29, 0.717) is 28.8 Å². The lowest BCUT2D eigenvalue weighted by Gasteiger charge is -2.10. The number of hydrogen-bond acceptors (Lipinski definition) is 5. The number of hydrazone groups is 1. The summed E-state index contributed by atoms with van der Waals surface area (Å²) in [5, 5.41) is 7.02. The zero-order chi connectivity index (χ0) is 21.1. The van der Waals surface area contributed by atoms with Crippen LogP contribution in [-0.4, -0.2) is 31.7 Å². The predicted octanol–water partition coefficient (Wildman–Crippen LogP) is 4.01. The summed E-state index contributed by atoms with van der Waals surface area (Å²) in [6.07, 6.45) is 2.41. The minimum absolute atomic E-state index is 0.000737. The molecule has 0 fully saturated rings. The molecule has 0 aromatic heterocycles. The Morgan fingerprint density at radius 3 is 2.59 bits per heavy atom. The van der Waals surface area contributed by atoms with Gasteiger partial charge in [-0.3, -0.25) is 9.59 Å². The molecule has 0 aliphatic heterocycles. The highest BCUT2D eigenvalue weighted by atomic mass is 35.5. The highest BCUT2D eigenvalue weighted by molar-refractivity contribution is 6.33. The van der Waals surface area contributed by atoms with E-state index >= 15 is 0 Å². The molecule has 7 nitrogen and oxygen atoms in total. The lowest BCUT2D eigenvalue weighted by Crippen LogP contribution is -2.20. The molecule has 0 atom stereocenters. The smallest absolute Gasteiger partial charge is 0.240 e. The normalized spacial score (nSPS) is 10.6. The Labute approximate surface area is 175 Å². The number of hydrogen-bond donors (Lipinski definition) is 2. The van der Waals surface area contributed by atoms with Crippen molar-refractivity contribution in [1.29, 1.82) is 0 Å². The maximum absolute atomic E-state index is 11.9. The second-order valence-electron chi connectivity index (χ2n) is 6.08. The molecule has 0 spiro atoms. The summed E-state index contributed by atoms with van der Waals surface area (Å²) in [7, 11) is 1.56. The summed E-state index contributed by atoms with van der Waals surface area (Å²) in [5.41, 5.74) is 3.65. The van der Waals surface area contributed by atoms with Gasteiger partial charge in [0.2, 0.25) is 11.8 Å². The van der Waals surface area contributed by atoms with Gasteiger partial charge in [-0.2, -0.15) is 5.10 Å². The SMILES string of the molecule is CCCOc1ccc(C=NNC(=O)CCC(=O)Nc2ccccc2Cl)cc1OC. The minimum atomic E-state index is -0.370. The maximum Gasteiger partial charge on any atom is 0.240 e. The largest absolute Gasteiger partial charge is 0.493 e. The molecule has 0 saturated heterocycles. The minimum Gasteiger partial charge on any atom is -0.493 e. The molecule has 0 saturated carbocycles. The second-order valence-corrected chi connectivity index (χ2v) is 6.49. The van der Waals surface area contributed by atoms with Gasteiger partial charge in [0.05, 0.1) is 30.6 Å². The number of ether oxygens (including phenoxy) is 2. The zero-order valence-electron chi connectivity index (χ0n) is 16.4. The number of nitrogens with zero attached hydrogens (tertiary/aromatic N) is 1. The number of amides is 2. The number of nitrogens with one attached hydrogen (secondary N) is 2. The molecular formula is C21H24ClN3O4. The third-order valence-corrected chi connectivity index (χ3v) is 4.11. The van der Waals surface area contributed by atoms with Crippen molar-refractivity contribution in [1.82, 2.24) is 5.43 Å². The van der Waals surface area contributed by atoms with Crippen LogP contribution in [0.1, 0.15) is 31.7 Å². The van der Waals surface area contributed by atoms with E-state index < -0.39 is 0 Å². The fraction of sp³-hybridized carbons (Fsp3) is 0.286. The first kappa shape index (κ1) is 22.2. The first-order valence-electron chi connectivity index (χ1n) is 9.20. The van der Waals surface area contributed by atoms with Crippen LogP contribution in [0.3, 0.4) is 0 Å². The van der Waals surface area contributed by atoms with Gasteiger partial charge in [0.1, 0.15) is 0 Å². The molecule has 0 radical (unpaired) electrons. The number of halogens is 1. The van der Waals surface area contributed by atoms with Gasteiger partial charge in [0.15, 0.2) is 11.5 Å². The number of methoxy groups -OCH3 is 1. The van der Waals surface area contributed by atoms with E-state index in [9.17, 15) is 9.59 Å². The first-order valence-corrected chi connectivity index (χ1v) is 9.58. The van der Waals surface area contributed by atoms with Crippen molar-refractivity contribution in [2.75, 3.05) is 19.0 Å².